The largest absolute Gasteiger partial charge is 0.472 e. The van der Waals surface area contributed by atoms with E-state index in [4.69, 9.17) is 37.0 Å². The standard InChI is InChI=1S/C60H116O17P2/c1-5-9-13-17-20-22-24-26-27-28-30-32-35-39-43-47-60(65)77-56(51-71-58(63)45-41-37-34-31-29-25-23-21-18-14-10-6-2)53-75-79(68,69)73-49-54(61)48-72-78(66,67)74-52-55(50-70-57(62)44-40-36-16-12-8-4)76-59(64)46-42-38-33-19-15-11-7-3/h54-56,61H,5-53H2,1-4H3,(H,66,67)(H,68,69)/t54-,55+,56+/m0/s1. The van der Waals surface area contributed by atoms with Crippen LogP contribution in [0.2, 0.25) is 0 Å². The van der Waals surface area contributed by atoms with E-state index in [2.05, 4.69) is 27.7 Å². The van der Waals surface area contributed by atoms with E-state index in [1.165, 1.54) is 116 Å². The Morgan fingerprint density at radius 2 is 0.506 bits per heavy atom. The Morgan fingerprint density at radius 1 is 0.304 bits per heavy atom. The average molecular weight is 1170 g/mol. The highest BCUT2D eigenvalue weighted by Gasteiger charge is 2.30. The smallest absolute Gasteiger partial charge is 0.462 e. The van der Waals surface area contributed by atoms with Gasteiger partial charge in [-0.05, 0) is 25.7 Å². The molecule has 79 heavy (non-hydrogen) atoms. The van der Waals surface area contributed by atoms with Crippen LogP contribution in [0.4, 0.5) is 0 Å². The summed E-state index contributed by atoms with van der Waals surface area (Å²) in [5.74, 6) is -2.15. The lowest BCUT2D eigenvalue weighted by molar-refractivity contribution is -0.161. The van der Waals surface area contributed by atoms with Crippen LogP contribution in [0.15, 0.2) is 0 Å². The third kappa shape index (κ3) is 55.0. The lowest BCUT2D eigenvalue weighted by Crippen LogP contribution is -2.30. The van der Waals surface area contributed by atoms with Crippen LogP contribution in [-0.2, 0) is 65.4 Å². The summed E-state index contributed by atoms with van der Waals surface area (Å²) in [5, 5.41) is 10.5. The van der Waals surface area contributed by atoms with Gasteiger partial charge in [-0.2, -0.15) is 0 Å². The number of rotatable bonds is 61. The minimum atomic E-state index is -4.94. The van der Waals surface area contributed by atoms with Crippen LogP contribution >= 0.6 is 15.6 Å². The van der Waals surface area contributed by atoms with Crippen LogP contribution in [0, 0.1) is 0 Å². The van der Waals surface area contributed by atoms with Crippen molar-refractivity contribution < 1.29 is 80.2 Å². The van der Waals surface area contributed by atoms with Crippen molar-refractivity contribution >= 4 is 39.5 Å². The van der Waals surface area contributed by atoms with Gasteiger partial charge < -0.3 is 33.8 Å². The number of unbranched alkanes of at least 4 members (excludes halogenated alkanes) is 35. The molecule has 0 aliphatic rings. The summed E-state index contributed by atoms with van der Waals surface area (Å²) in [6.45, 7) is 4.74. The van der Waals surface area contributed by atoms with E-state index in [9.17, 15) is 43.2 Å². The van der Waals surface area contributed by atoms with Crippen molar-refractivity contribution in [3.8, 4) is 0 Å². The van der Waals surface area contributed by atoms with E-state index in [1.54, 1.807) is 0 Å². The molecule has 0 fully saturated rings. The fourth-order valence-corrected chi connectivity index (χ4v) is 10.5. The first-order valence-electron chi connectivity index (χ1n) is 31.8. The molecular weight excluding hydrogens is 1050 g/mol. The van der Waals surface area contributed by atoms with Crippen molar-refractivity contribution in [2.75, 3.05) is 39.6 Å². The molecule has 0 amide bonds. The molecule has 0 saturated carbocycles. The molecule has 0 aromatic rings. The Bertz CT molecular complexity index is 1540. The number of phosphoric acid groups is 2. The molecule has 19 heteroatoms. The maximum absolute atomic E-state index is 12.9. The topological polar surface area (TPSA) is 237 Å². The van der Waals surface area contributed by atoms with E-state index < -0.39 is 97.5 Å². The molecule has 2 unspecified atom stereocenters. The van der Waals surface area contributed by atoms with Gasteiger partial charge in [0.05, 0.1) is 26.4 Å². The van der Waals surface area contributed by atoms with Crippen LogP contribution < -0.4 is 0 Å². The zero-order valence-electron chi connectivity index (χ0n) is 50.3. The van der Waals surface area contributed by atoms with Gasteiger partial charge >= 0.3 is 39.5 Å². The SMILES string of the molecule is CCCCCCCCCCCCCCCCCC(=O)O[C@H](COC(=O)CCCCCCCCCCCCCC)COP(=O)(O)OC[C@@H](O)COP(=O)(O)OC[C@@H](COC(=O)CCCCCCC)OC(=O)CCCCCCCCC. The molecule has 17 nitrogen and oxygen atoms in total. The molecule has 0 spiro atoms. The van der Waals surface area contributed by atoms with E-state index in [-0.39, 0.29) is 25.7 Å². The molecule has 0 aromatic heterocycles. The van der Waals surface area contributed by atoms with Crippen LogP contribution in [-0.4, -0.2) is 96.7 Å². The second-order valence-corrected chi connectivity index (χ2v) is 24.6. The Balaban J connectivity index is 5.15. The summed E-state index contributed by atoms with van der Waals surface area (Å²) < 4.78 is 67.5. The second kappa shape index (κ2) is 55.3. The number of aliphatic hydroxyl groups excluding tert-OH is 1. The Hall–Kier alpha value is -1.94. The molecule has 0 bridgehead atoms. The van der Waals surface area contributed by atoms with Gasteiger partial charge in [-0.1, -0.05) is 252 Å². The minimum absolute atomic E-state index is 0.103. The lowest BCUT2D eigenvalue weighted by Gasteiger charge is -2.21. The normalized spacial score (nSPS) is 14.3. The third-order valence-corrected chi connectivity index (χ3v) is 15.8. The third-order valence-electron chi connectivity index (χ3n) is 13.9. The molecule has 0 heterocycles. The highest BCUT2D eigenvalue weighted by molar-refractivity contribution is 7.47. The van der Waals surface area contributed by atoms with Gasteiger partial charge in [-0.3, -0.25) is 37.3 Å². The quantitative estimate of drug-likeness (QED) is 0.0222. The van der Waals surface area contributed by atoms with Crippen LogP contribution in [0.5, 0.6) is 0 Å². The van der Waals surface area contributed by atoms with Crippen molar-refractivity contribution in [1.82, 2.24) is 0 Å². The molecule has 0 aromatic carbocycles. The van der Waals surface area contributed by atoms with E-state index in [1.807, 2.05) is 0 Å². The number of carbonyl (C=O) groups is 4. The van der Waals surface area contributed by atoms with Crippen molar-refractivity contribution in [3.05, 3.63) is 0 Å². The van der Waals surface area contributed by atoms with Gasteiger partial charge in [0, 0.05) is 25.7 Å². The van der Waals surface area contributed by atoms with Gasteiger partial charge in [-0.25, -0.2) is 9.13 Å². The van der Waals surface area contributed by atoms with Crippen LogP contribution in [0.3, 0.4) is 0 Å². The molecule has 468 valence electrons. The molecule has 0 radical (unpaired) electrons. The number of ether oxygens (including phenoxy) is 4. The van der Waals surface area contributed by atoms with Gasteiger partial charge in [0.15, 0.2) is 12.2 Å². The first-order valence-corrected chi connectivity index (χ1v) is 34.8. The molecule has 0 saturated heterocycles. The fraction of sp³-hybridized carbons (Fsp3) is 0.933. The number of esters is 4. The zero-order chi connectivity index (χ0) is 58.3. The maximum Gasteiger partial charge on any atom is 0.472 e. The molecule has 0 aliphatic heterocycles. The van der Waals surface area contributed by atoms with Gasteiger partial charge in [0.1, 0.15) is 19.3 Å². The summed E-state index contributed by atoms with van der Waals surface area (Å²) in [4.78, 5) is 71.7. The van der Waals surface area contributed by atoms with Gasteiger partial charge in [-0.15, -0.1) is 0 Å². The summed E-state index contributed by atoms with van der Waals surface area (Å²) in [6.07, 6.45) is 39.4. The number of carbonyl (C=O) groups excluding carboxylic acids is 4. The predicted octanol–water partition coefficient (Wildman–Crippen LogP) is 16.4. The number of aliphatic hydroxyl groups is 1. The fourth-order valence-electron chi connectivity index (χ4n) is 8.93. The van der Waals surface area contributed by atoms with E-state index >= 15 is 0 Å². The molecule has 0 aliphatic carbocycles. The van der Waals surface area contributed by atoms with Crippen LogP contribution in [0.25, 0.3) is 0 Å². The zero-order valence-corrected chi connectivity index (χ0v) is 52.1. The first-order chi connectivity index (χ1) is 38.2. The van der Waals surface area contributed by atoms with E-state index in [0.29, 0.717) is 25.7 Å². The minimum Gasteiger partial charge on any atom is -0.462 e. The molecule has 3 N–H and O–H groups in total. The summed E-state index contributed by atoms with van der Waals surface area (Å²) in [7, 11) is -9.86. The number of hydrogen-bond donors (Lipinski definition) is 3. The average Bonchev–Trinajstić information content (AvgIpc) is 3.42. The highest BCUT2D eigenvalue weighted by atomic mass is 31.2. The number of phosphoric ester groups is 2. The highest BCUT2D eigenvalue weighted by Crippen LogP contribution is 2.45. The number of hydrogen-bond acceptors (Lipinski definition) is 15. The monoisotopic (exact) mass is 1170 g/mol. The Labute approximate surface area is 479 Å². The van der Waals surface area contributed by atoms with Gasteiger partial charge in [0.25, 0.3) is 0 Å². The summed E-state index contributed by atoms with van der Waals surface area (Å²) in [6, 6.07) is 0. The summed E-state index contributed by atoms with van der Waals surface area (Å²) in [5.41, 5.74) is 0. The van der Waals surface area contributed by atoms with E-state index in [0.717, 1.165) is 109 Å². The van der Waals surface area contributed by atoms with Gasteiger partial charge in [0.2, 0.25) is 0 Å². The van der Waals surface area contributed by atoms with Crippen molar-refractivity contribution in [2.45, 2.75) is 322 Å². The lowest BCUT2D eigenvalue weighted by atomic mass is 10.0. The second-order valence-electron chi connectivity index (χ2n) is 21.7. The van der Waals surface area contributed by atoms with Crippen molar-refractivity contribution in [1.29, 1.82) is 0 Å². The van der Waals surface area contributed by atoms with Crippen molar-refractivity contribution in [3.63, 3.8) is 0 Å². The molecule has 0 rings (SSSR count). The van der Waals surface area contributed by atoms with Crippen molar-refractivity contribution in [2.24, 2.45) is 0 Å². The Morgan fingerprint density at radius 3 is 0.747 bits per heavy atom. The predicted molar refractivity (Wildman–Crippen MR) is 312 cm³/mol. The summed E-state index contributed by atoms with van der Waals surface area (Å²) >= 11 is 0. The Kier molecular flexibility index (Phi) is 53.9. The maximum atomic E-state index is 12.9. The molecular formula is C60H116O17P2. The molecule has 5 atom stereocenters. The van der Waals surface area contributed by atoms with Crippen LogP contribution in [0.1, 0.15) is 304 Å². The first kappa shape index (κ1) is 77.1.